The van der Waals surface area contributed by atoms with Crippen LogP contribution in [0.15, 0.2) is 18.2 Å². The van der Waals surface area contributed by atoms with E-state index in [1.165, 1.54) is 14.7 Å². The van der Waals surface area contributed by atoms with E-state index in [0.717, 1.165) is 23.0 Å². The number of hydrogen-bond acceptors (Lipinski definition) is 4. The van der Waals surface area contributed by atoms with E-state index < -0.39 is 0 Å². The Bertz CT molecular complexity index is 551. The summed E-state index contributed by atoms with van der Waals surface area (Å²) in [7, 11) is 0. The molecule has 0 fully saturated rings. The topological polar surface area (TPSA) is 37.8 Å². The largest absolute Gasteiger partial charge is 0.314 e. The Kier molecular flexibility index (Phi) is 5.29. The molecular formula is C14H18IN3S. The summed E-state index contributed by atoms with van der Waals surface area (Å²) in [6.45, 7) is 7.39. The number of aromatic nitrogens is 2. The molecule has 0 atom stereocenters. The molecule has 0 radical (unpaired) electrons. The van der Waals surface area contributed by atoms with Gasteiger partial charge in [-0.25, -0.2) is 0 Å². The molecule has 1 heterocycles. The van der Waals surface area contributed by atoms with Crippen LogP contribution >= 0.6 is 33.9 Å². The van der Waals surface area contributed by atoms with E-state index in [-0.39, 0.29) is 0 Å². The zero-order valence-corrected chi connectivity index (χ0v) is 14.4. The summed E-state index contributed by atoms with van der Waals surface area (Å²) in [6.07, 6.45) is 0.943. The second-order valence-corrected chi connectivity index (χ2v) is 6.94. The van der Waals surface area contributed by atoms with E-state index in [9.17, 15) is 0 Å². The fraction of sp³-hybridized carbons (Fsp3) is 0.429. The molecule has 0 aliphatic rings. The van der Waals surface area contributed by atoms with Gasteiger partial charge >= 0.3 is 0 Å². The third-order valence-electron chi connectivity index (χ3n) is 2.78. The van der Waals surface area contributed by atoms with Crippen molar-refractivity contribution in [2.45, 2.75) is 33.2 Å². The molecule has 0 aliphatic heterocycles. The first-order valence-electron chi connectivity index (χ1n) is 6.39. The molecule has 0 spiro atoms. The Morgan fingerprint density at radius 1 is 1.32 bits per heavy atom. The lowest BCUT2D eigenvalue weighted by atomic mass is 10.1. The zero-order valence-electron chi connectivity index (χ0n) is 11.4. The lowest BCUT2D eigenvalue weighted by Gasteiger charge is -2.05. The minimum atomic E-state index is 0.519. The van der Waals surface area contributed by atoms with Gasteiger partial charge in [0, 0.05) is 28.1 Å². The maximum atomic E-state index is 4.32. The highest BCUT2D eigenvalue weighted by molar-refractivity contribution is 14.1. The van der Waals surface area contributed by atoms with Crippen molar-refractivity contribution in [1.82, 2.24) is 15.5 Å². The smallest absolute Gasteiger partial charge is 0.148 e. The van der Waals surface area contributed by atoms with Crippen LogP contribution in [0.4, 0.5) is 0 Å². The fourth-order valence-electron chi connectivity index (χ4n) is 1.74. The monoisotopic (exact) mass is 387 g/mol. The molecule has 102 valence electrons. The number of halogens is 1. The average molecular weight is 387 g/mol. The summed E-state index contributed by atoms with van der Waals surface area (Å²) < 4.78 is 1.27. The number of hydrogen-bond donors (Lipinski definition) is 1. The van der Waals surface area contributed by atoms with Crippen LogP contribution in [-0.2, 0) is 6.42 Å². The molecule has 2 aromatic rings. The van der Waals surface area contributed by atoms with Crippen molar-refractivity contribution < 1.29 is 0 Å². The second-order valence-electron chi connectivity index (χ2n) is 4.80. The molecule has 0 bridgehead atoms. The summed E-state index contributed by atoms with van der Waals surface area (Å²) in [5.41, 5.74) is 2.48. The van der Waals surface area contributed by atoms with Gasteiger partial charge in [0.05, 0.1) is 0 Å². The van der Waals surface area contributed by atoms with Crippen molar-refractivity contribution in [3.8, 4) is 10.6 Å². The molecule has 0 amide bonds. The Morgan fingerprint density at radius 3 is 2.84 bits per heavy atom. The van der Waals surface area contributed by atoms with Crippen molar-refractivity contribution in [3.63, 3.8) is 0 Å². The van der Waals surface area contributed by atoms with Gasteiger partial charge < -0.3 is 5.32 Å². The highest BCUT2D eigenvalue weighted by Crippen LogP contribution is 2.29. The molecule has 5 heteroatoms. The molecule has 1 N–H and O–H groups in total. The third-order valence-corrected chi connectivity index (χ3v) is 5.23. The minimum Gasteiger partial charge on any atom is -0.314 e. The van der Waals surface area contributed by atoms with Crippen LogP contribution in [0.3, 0.4) is 0 Å². The maximum Gasteiger partial charge on any atom is 0.148 e. The molecule has 2 rings (SSSR count). The molecule has 19 heavy (non-hydrogen) atoms. The van der Waals surface area contributed by atoms with Gasteiger partial charge in [0.15, 0.2) is 0 Å². The number of benzene rings is 1. The van der Waals surface area contributed by atoms with Crippen LogP contribution in [0, 0.1) is 10.5 Å². The van der Waals surface area contributed by atoms with Gasteiger partial charge in [-0.3, -0.25) is 0 Å². The SMILES string of the molecule is Cc1cccc(-c2nnc(CCNC(C)C)s2)c1I. The predicted molar refractivity (Wildman–Crippen MR) is 89.6 cm³/mol. The van der Waals surface area contributed by atoms with E-state index in [1.807, 2.05) is 0 Å². The van der Waals surface area contributed by atoms with Crippen LogP contribution in [0.1, 0.15) is 24.4 Å². The van der Waals surface area contributed by atoms with Gasteiger partial charge in [0.25, 0.3) is 0 Å². The molecule has 0 saturated heterocycles. The molecular weight excluding hydrogens is 369 g/mol. The quantitative estimate of drug-likeness (QED) is 0.796. The first-order chi connectivity index (χ1) is 9.08. The van der Waals surface area contributed by atoms with Gasteiger partial charge in [-0.2, -0.15) is 0 Å². The van der Waals surface area contributed by atoms with Crippen molar-refractivity contribution in [1.29, 1.82) is 0 Å². The van der Waals surface area contributed by atoms with Crippen LogP contribution in [-0.4, -0.2) is 22.8 Å². The van der Waals surface area contributed by atoms with Gasteiger partial charge in [0.2, 0.25) is 0 Å². The number of nitrogens with one attached hydrogen (secondary N) is 1. The number of rotatable bonds is 5. The predicted octanol–water partition coefficient (Wildman–Crippen LogP) is 3.66. The summed E-state index contributed by atoms with van der Waals surface area (Å²) in [6, 6.07) is 6.84. The third kappa shape index (κ3) is 3.97. The second kappa shape index (κ2) is 6.76. The van der Waals surface area contributed by atoms with Crippen molar-refractivity contribution in [3.05, 3.63) is 32.3 Å². The average Bonchev–Trinajstić information content (AvgIpc) is 2.81. The van der Waals surface area contributed by atoms with E-state index in [1.54, 1.807) is 11.3 Å². The van der Waals surface area contributed by atoms with Crippen molar-refractivity contribution in [2.75, 3.05) is 6.54 Å². The van der Waals surface area contributed by atoms with E-state index >= 15 is 0 Å². The van der Waals surface area contributed by atoms with Gasteiger partial charge in [-0.1, -0.05) is 43.4 Å². The summed E-state index contributed by atoms with van der Waals surface area (Å²) in [5, 5.41) is 14.1. The first-order valence-corrected chi connectivity index (χ1v) is 8.28. The maximum absolute atomic E-state index is 4.32. The molecule has 3 nitrogen and oxygen atoms in total. The van der Waals surface area contributed by atoms with Crippen LogP contribution in [0.25, 0.3) is 10.6 Å². The van der Waals surface area contributed by atoms with Gasteiger partial charge in [-0.05, 0) is 35.1 Å². The molecule has 1 aromatic carbocycles. The Hall–Kier alpha value is -0.530. The summed E-state index contributed by atoms with van der Waals surface area (Å²) in [5.74, 6) is 0. The molecule has 0 unspecified atom stereocenters. The first kappa shape index (κ1) is 14.9. The number of nitrogens with zero attached hydrogens (tertiary/aromatic N) is 2. The van der Waals surface area contributed by atoms with Gasteiger partial charge in [-0.15, -0.1) is 10.2 Å². The molecule has 0 saturated carbocycles. The summed E-state index contributed by atoms with van der Waals surface area (Å²) >= 11 is 4.08. The normalized spacial score (nSPS) is 11.2. The van der Waals surface area contributed by atoms with Crippen LogP contribution < -0.4 is 5.32 Å². The highest BCUT2D eigenvalue weighted by atomic mass is 127. The zero-order chi connectivity index (χ0) is 13.8. The number of aryl methyl sites for hydroxylation is 1. The van der Waals surface area contributed by atoms with E-state index in [0.29, 0.717) is 6.04 Å². The minimum absolute atomic E-state index is 0.519. The van der Waals surface area contributed by atoms with E-state index in [2.05, 4.69) is 77.1 Å². The van der Waals surface area contributed by atoms with Crippen molar-refractivity contribution in [2.24, 2.45) is 0 Å². The molecule has 1 aromatic heterocycles. The standard InChI is InChI=1S/C14H18IN3S/c1-9(2)16-8-7-12-17-18-14(19-12)11-6-4-5-10(3)13(11)15/h4-6,9,16H,7-8H2,1-3H3. The Balaban J connectivity index is 2.10. The van der Waals surface area contributed by atoms with E-state index in [4.69, 9.17) is 0 Å². The Labute approximate surface area is 132 Å². The van der Waals surface area contributed by atoms with Gasteiger partial charge in [0.1, 0.15) is 10.0 Å². The highest BCUT2D eigenvalue weighted by Gasteiger charge is 2.10. The lowest BCUT2D eigenvalue weighted by Crippen LogP contribution is -2.24. The fourth-order valence-corrected chi connectivity index (χ4v) is 3.41. The summed E-state index contributed by atoms with van der Waals surface area (Å²) in [4.78, 5) is 0. The lowest BCUT2D eigenvalue weighted by molar-refractivity contribution is 0.588. The molecule has 0 aliphatic carbocycles. The van der Waals surface area contributed by atoms with Crippen LogP contribution in [0.2, 0.25) is 0 Å². The van der Waals surface area contributed by atoms with Crippen molar-refractivity contribution >= 4 is 33.9 Å². The Morgan fingerprint density at radius 2 is 2.11 bits per heavy atom. The van der Waals surface area contributed by atoms with Crippen LogP contribution in [0.5, 0.6) is 0 Å².